The Morgan fingerprint density at radius 3 is 2.41 bits per heavy atom. The zero-order valence-electron chi connectivity index (χ0n) is 18.9. The number of carbonyl (C=O) groups excluding carboxylic acids is 1. The molecular formula is C24H42O5. The van der Waals surface area contributed by atoms with Crippen LogP contribution in [0.4, 0.5) is 0 Å². The molecule has 2 aliphatic carbocycles. The van der Waals surface area contributed by atoms with Crippen molar-refractivity contribution in [2.45, 2.75) is 90.4 Å². The van der Waals surface area contributed by atoms with Gasteiger partial charge in [-0.15, -0.1) is 0 Å². The number of ether oxygens (including phenoxy) is 3. The van der Waals surface area contributed by atoms with Crippen LogP contribution in [0.2, 0.25) is 0 Å². The van der Waals surface area contributed by atoms with E-state index in [0.29, 0.717) is 37.6 Å². The Bertz CT molecular complexity index is 509. The van der Waals surface area contributed by atoms with Gasteiger partial charge < -0.3 is 19.3 Å². The normalized spacial score (nSPS) is 31.8. The van der Waals surface area contributed by atoms with Crippen molar-refractivity contribution in [3.63, 3.8) is 0 Å². The van der Waals surface area contributed by atoms with Crippen molar-refractivity contribution in [3.8, 4) is 0 Å². The maximum Gasteiger partial charge on any atom is 0.330 e. The maximum absolute atomic E-state index is 11.6. The van der Waals surface area contributed by atoms with E-state index in [1.807, 2.05) is 14.0 Å². The lowest BCUT2D eigenvalue weighted by Gasteiger charge is -2.48. The Morgan fingerprint density at radius 2 is 1.83 bits per heavy atom. The molecule has 0 saturated heterocycles. The Labute approximate surface area is 177 Å². The van der Waals surface area contributed by atoms with Crippen LogP contribution >= 0.6 is 0 Å². The van der Waals surface area contributed by atoms with Crippen LogP contribution in [0.1, 0.15) is 72.1 Å². The highest BCUT2D eigenvalue weighted by Crippen LogP contribution is 2.50. The van der Waals surface area contributed by atoms with Gasteiger partial charge in [-0.05, 0) is 68.6 Å². The molecule has 0 aromatic rings. The highest BCUT2D eigenvalue weighted by molar-refractivity contribution is 5.81. The second kappa shape index (κ2) is 11.5. The molecule has 2 aliphatic rings. The van der Waals surface area contributed by atoms with Gasteiger partial charge in [-0.2, -0.15) is 0 Å². The van der Waals surface area contributed by atoms with Crippen LogP contribution in [0, 0.1) is 23.2 Å². The molecule has 2 saturated carbocycles. The van der Waals surface area contributed by atoms with Crippen LogP contribution in [-0.2, 0) is 19.0 Å². The van der Waals surface area contributed by atoms with E-state index in [4.69, 9.17) is 14.2 Å². The minimum absolute atomic E-state index is 0.0325. The Morgan fingerprint density at radius 1 is 1.17 bits per heavy atom. The number of esters is 1. The molecule has 2 fully saturated rings. The minimum Gasteiger partial charge on any atom is -0.462 e. The summed E-state index contributed by atoms with van der Waals surface area (Å²) in [6, 6.07) is 0. The number of rotatable bonds is 10. The fourth-order valence-electron chi connectivity index (χ4n) is 5.28. The molecule has 5 heteroatoms. The standard InChI is InChI=1S/C24H42O5/c1-6-20(25)16-28-22-13-10-19(14-17(22)15-29-23(26)7-2)24(3,4)18-8-11-21(27-5)12-9-18/h7,17-22,25H,2,6,8-16H2,1,3-5H3. The lowest BCUT2D eigenvalue weighted by Crippen LogP contribution is -2.43. The van der Waals surface area contributed by atoms with Gasteiger partial charge in [0.1, 0.15) is 0 Å². The Kier molecular flexibility index (Phi) is 9.64. The van der Waals surface area contributed by atoms with Crippen LogP contribution in [0.3, 0.4) is 0 Å². The zero-order valence-corrected chi connectivity index (χ0v) is 18.9. The molecule has 0 spiro atoms. The van der Waals surface area contributed by atoms with Crippen molar-refractivity contribution in [2.75, 3.05) is 20.3 Å². The molecular weight excluding hydrogens is 368 g/mol. The number of methoxy groups -OCH3 is 1. The number of aliphatic hydroxyl groups is 1. The van der Waals surface area contributed by atoms with Gasteiger partial charge in [0.2, 0.25) is 0 Å². The summed E-state index contributed by atoms with van der Waals surface area (Å²) in [4.78, 5) is 11.6. The smallest absolute Gasteiger partial charge is 0.330 e. The molecule has 2 rings (SSSR count). The van der Waals surface area contributed by atoms with E-state index < -0.39 is 6.10 Å². The van der Waals surface area contributed by atoms with Gasteiger partial charge in [-0.3, -0.25) is 0 Å². The molecule has 0 aromatic heterocycles. The molecule has 1 N–H and O–H groups in total. The van der Waals surface area contributed by atoms with Crippen molar-refractivity contribution in [3.05, 3.63) is 12.7 Å². The molecule has 5 nitrogen and oxygen atoms in total. The Balaban J connectivity index is 2.01. The molecule has 0 amide bonds. The van der Waals surface area contributed by atoms with Crippen LogP contribution in [0.15, 0.2) is 12.7 Å². The third kappa shape index (κ3) is 6.80. The third-order valence-corrected chi connectivity index (χ3v) is 7.60. The number of hydrogen-bond donors (Lipinski definition) is 1. The average Bonchev–Trinajstić information content (AvgIpc) is 2.75. The average molecular weight is 411 g/mol. The minimum atomic E-state index is -0.434. The molecule has 0 radical (unpaired) electrons. The van der Waals surface area contributed by atoms with Crippen molar-refractivity contribution < 1.29 is 24.1 Å². The van der Waals surface area contributed by atoms with Gasteiger partial charge in [-0.25, -0.2) is 4.79 Å². The number of carbonyl (C=O) groups is 1. The second-order valence-electron chi connectivity index (χ2n) is 9.57. The van der Waals surface area contributed by atoms with Gasteiger partial charge in [0.15, 0.2) is 0 Å². The van der Waals surface area contributed by atoms with Crippen molar-refractivity contribution in [2.24, 2.45) is 23.2 Å². The molecule has 4 unspecified atom stereocenters. The first-order valence-corrected chi connectivity index (χ1v) is 11.4. The first kappa shape index (κ1) is 24.4. The predicted molar refractivity (Wildman–Crippen MR) is 115 cm³/mol. The Hall–Kier alpha value is -0.910. The molecule has 4 atom stereocenters. The van der Waals surface area contributed by atoms with Crippen LogP contribution in [0.25, 0.3) is 0 Å². The maximum atomic E-state index is 11.6. The van der Waals surface area contributed by atoms with Crippen molar-refractivity contribution in [1.82, 2.24) is 0 Å². The molecule has 0 aromatic carbocycles. The molecule has 0 bridgehead atoms. The van der Waals surface area contributed by atoms with Crippen LogP contribution in [-0.4, -0.2) is 49.7 Å². The van der Waals surface area contributed by atoms with E-state index in [1.54, 1.807) is 0 Å². The SMILES string of the molecule is C=CC(=O)OCC1CC(C(C)(C)C2CCC(OC)CC2)CCC1OCC(O)CC. The van der Waals surface area contributed by atoms with E-state index >= 15 is 0 Å². The monoisotopic (exact) mass is 410 g/mol. The highest BCUT2D eigenvalue weighted by atomic mass is 16.5. The van der Waals surface area contributed by atoms with Crippen LogP contribution in [0.5, 0.6) is 0 Å². The van der Waals surface area contributed by atoms with E-state index in [0.717, 1.165) is 32.1 Å². The molecule has 0 aliphatic heterocycles. The summed E-state index contributed by atoms with van der Waals surface area (Å²) in [6.07, 6.45) is 9.73. The first-order chi connectivity index (χ1) is 13.8. The van der Waals surface area contributed by atoms with Gasteiger partial charge in [0.05, 0.1) is 31.5 Å². The third-order valence-electron chi connectivity index (χ3n) is 7.60. The number of aliphatic hydroxyl groups excluding tert-OH is 1. The van der Waals surface area contributed by atoms with Gasteiger partial charge >= 0.3 is 5.97 Å². The van der Waals surface area contributed by atoms with E-state index in [9.17, 15) is 9.90 Å². The highest BCUT2D eigenvalue weighted by Gasteiger charge is 2.43. The van der Waals surface area contributed by atoms with E-state index in [1.165, 1.54) is 18.9 Å². The number of hydrogen-bond acceptors (Lipinski definition) is 5. The molecule has 168 valence electrons. The summed E-state index contributed by atoms with van der Waals surface area (Å²) in [5.74, 6) is 1.07. The fraction of sp³-hybridized carbons (Fsp3) is 0.875. The summed E-state index contributed by atoms with van der Waals surface area (Å²) < 4.78 is 17.0. The lowest BCUT2D eigenvalue weighted by molar-refractivity contribution is -0.144. The van der Waals surface area contributed by atoms with Crippen LogP contribution < -0.4 is 0 Å². The fourth-order valence-corrected chi connectivity index (χ4v) is 5.28. The predicted octanol–water partition coefficient (Wildman–Crippen LogP) is 4.52. The van der Waals surface area contributed by atoms with Gasteiger partial charge in [-0.1, -0.05) is 27.4 Å². The van der Waals surface area contributed by atoms with E-state index in [-0.39, 0.29) is 23.4 Å². The summed E-state index contributed by atoms with van der Waals surface area (Å²) >= 11 is 0. The molecule has 29 heavy (non-hydrogen) atoms. The van der Waals surface area contributed by atoms with E-state index in [2.05, 4.69) is 20.4 Å². The largest absolute Gasteiger partial charge is 0.462 e. The first-order valence-electron chi connectivity index (χ1n) is 11.4. The topological polar surface area (TPSA) is 65.0 Å². The summed E-state index contributed by atoms with van der Waals surface area (Å²) in [7, 11) is 1.82. The molecule has 0 heterocycles. The van der Waals surface area contributed by atoms with Crippen molar-refractivity contribution in [1.29, 1.82) is 0 Å². The zero-order chi connectivity index (χ0) is 21.4. The van der Waals surface area contributed by atoms with Crippen molar-refractivity contribution >= 4 is 5.97 Å². The van der Waals surface area contributed by atoms with Gasteiger partial charge in [0, 0.05) is 19.1 Å². The van der Waals surface area contributed by atoms with Gasteiger partial charge in [0.25, 0.3) is 0 Å². The summed E-state index contributed by atoms with van der Waals surface area (Å²) in [6.45, 7) is 11.0. The second-order valence-corrected chi connectivity index (χ2v) is 9.57. The quantitative estimate of drug-likeness (QED) is 0.424. The summed E-state index contributed by atoms with van der Waals surface area (Å²) in [5, 5.41) is 9.89. The lowest BCUT2D eigenvalue weighted by atomic mass is 9.59. The summed E-state index contributed by atoms with van der Waals surface area (Å²) in [5.41, 5.74) is 0.243.